The van der Waals surface area contributed by atoms with Crippen molar-refractivity contribution in [1.82, 2.24) is 15.5 Å². The first kappa shape index (κ1) is 22.9. The highest BCUT2D eigenvalue weighted by molar-refractivity contribution is 5.89. The van der Waals surface area contributed by atoms with Crippen LogP contribution in [0.4, 0.5) is 0 Å². The van der Waals surface area contributed by atoms with Crippen LogP contribution in [0.3, 0.4) is 0 Å². The van der Waals surface area contributed by atoms with Gasteiger partial charge in [0.05, 0.1) is 20.3 Å². The van der Waals surface area contributed by atoms with E-state index in [2.05, 4.69) is 15.5 Å². The Kier molecular flexibility index (Phi) is 7.85. The van der Waals surface area contributed by atoms with Crippen LogP contribution in [-0.2, 0) is 16.0 Å². The molecular weight excluding hydrogens is 410 g/mol. The molecule has 0 aliphatic carbocycles. The van der Waals surface area contributed by atoms with Gasteiger partial charge in [-0.2, -0.15) is 5.10 Å². The number of aryl methyl sites for hydroxylation is 1. The number of amides is 1. The van der Waals surface area contributed by atoms with Gasteiger partial charge >= 0.3 is 5.97 Å². The van der Waals surface area contributed by atoms with Gasteiger partial charge < -0.3 is 19.5 Å². The molecule has 8 heteroatoms. The molecule has 0 fully saturated rings. The SMILES string of the molecule is CCCc1cc(C(=O)OCC(=O)NC(c2ccc(OC)cc2)c2ccc(OC)cc2)n[nH]1. The molecule has 8 nitrogen and oxygen atoms in total. The largest absolute Gasteiger partial charge is 0.497 e. The molecule has 0 aliphatic heterocycles. The molecule has 0 atom stereocenters. The highest BCUT2D eigenvalue weighted by atomic mass is 16.5. The fourth-order valence-electron chi connectivity index (χ4n) is 3.22. The molecule has 168 valence electrons. The number of esters is 1. The second kappa shape index (κ2) is 11.0. The number of nitrogens with zero attached hydrogens (tertiary/aromatic N) is 1. The lowest BCUT2D eigenvalue weighted by atomic mass is 9.98. The molecule has 3 rings (SSSR count). The fourth-order valence-corrected chi connectivity index (χ4v) is 3.22. The number of H-pyrrole nitrogens is 1. The Bertz CT molecular complexity index is 981. The van der Waals surface area contributed by atoms with Crippen molar-refractivity contribution in [2.45, 2.75) is 25.8 Å². The van der Waals surface area contributed by atoms with Gasteiger partial charge in [-0.1, -0.05) is 37.6 Å². The Morgan fingerprint density at radius 3 is 2.03 bits per heavy atom. The highest BCUT2D eigenvalue weighted by Crippen LogP contribution is 2.26. The molecule has 0 saturated carbocycles. The Morgan fingerprint density at radius 1 is 0.969 bits per heavy atom. The molecule has 2 aromatic carbocycles. The maximum Gasteiger partial charge on any atom is 0.359 e. The number of hydrogen-bond donors (Lipinski definition) is 2. The number of nitrogens with one attached hydrogen (secondary N) is 2. The summed E-state index contributed by atoms with van der Waals surface area (Å²) < 4.78 is 15.6. The number of aromatic amines is 1. The summed E-state index contributed by atoms with van der Waals surface area (Å²) in [4.78, 5) is 24.8. The Hall–Kier alpha value is -3.81. The molecule has 2 N–H and O–H groups in total. The van der Waals surface area contributed by atoms with Crippen LogP contribution in [0.25, 0.3) is 0 Å². The summed E-state index contributed by atoms with van der Waals surface area (Å²) in [7, 11) is 3.19. The molecule has 0 radical (unpaired) electrons. The number of methoxy groups -OCH3 is 2. The van der Waals surface area contributed by atoms with Crippen LogP contribution in [0.15, 0.2) is 54.6 Å². The van der Waals surface area contributed by atoms with Crippen molar-refractivity contribution in [3.63, 3.8) is 0 Å². The summed E-state index contributed by atoms with van der Waals surface area (Å²) in [6.45, 7) is 1.61. The molecule has 1 heterocycles. The third-order valence-electron chi connectivity index (χ3n) is 4.90. The lowest BCUT2D eigenvalue weighted by Crippen LogP contribution is -2.33. The van der Waals surface area contributed by atoms with Crippen molar-refractivity contribution in [2.75, 3.05) is 20.8 Å². The van der Waals surface area contributed by atoms with Crippen molar-refractivity contribution < 1.29 is 23.8 Å². The minimum Gasteiger partial charge on any atom is -0.497 e. The normalized spacial score (nSPS) is 10.6. The van der Waals surface area contributed by atoms with Gasteiger partial charge in [0.1, 0.15) is 11.5 Å². The smallest absolute Gasteiger partial charge is 0.359 e. The van der Waals surface area contributed by atoms with E-state index in [-0.39, 0.29) is 5.69 Å². The molecule has 0 bridgehead atoms. The lowest BCUT2D eigenvalue weighted by molar-refractivity contribution is -0.124. The standard InChI is InChI=1S/C24H27N3O5/c1-4-5-18-14-21(27-26-18)24(29)32-15-22(28)25-23(16-6-10-19(30-2)11-7-16)17-8-12-20(31-3)13-9-17/h6-14,23H,4-5,15H2,1-3H3,(H,25,28)(H,26,27). The molecule has 1 aromatic heterocycles. The van der Waals surface area contributed by atoms with E-state index in [1.165, 1.54) is 0 Å². The maximum atomic E-state index is 12.6. The zero-order chi connectivity index (χ0) is 22.9. The topological polar surface area (TPSA) is 103 Å². The third-order valence-corrected chi connectivity index (χ3v) is 4.90. The molecule has 32 heavy (non-hydrogen) atoms. The van der Waals surface area contributed by atoms with Crippen LogP contribution in [-0.4, -0.2) is 42.9 Å². The van der Waals surface area contributed by atoms with E-state index in [9.17, 15) is 9.59 Å². The number of benzene rings is 2. The van der Waals surface area contributed by atoms with Crippen LogP contribution in [0, 0.1) is 0 Å². The number of carbonyl (C=O) groups excluding carboxylic acids is 2. The predicted octanol–water partition coefficient (Wildman–Crippen LogP) is 3.44. The zero-order valence-electron chi connectivity index (χ0n) is 18.4. The molecule has 1 amide bonds. The van der Waals surface area contributed by atoms with E-state index in [1.54, 1.807) is 20.3 Å². The minimum absolute atomic E-state index is 0.156. The first-order valence-corrected chi connectivity index (χ1v) is 10.3. The second-order valence-corrected chi connectivity index (χ2v) is 7.15. The van der Waals surface area contributed by atoms with E-state index < -0.39 is 24.5 Å². The van der Waals surface area contributed by atoms with Crippen LogP contribution in [0.1, 0.15) is 46.7 Å². The van der Waals surface area contributed by atoms with Crippen molar-refractivity contribution in [1.29, 1.82) is 0 Å². The highest BCUT2D eigenvalue weighted by Gasteiger charge is 2.19. The molecular formula is C24H27N3O5. The maximum absolute atomic E-state index is 12.6. The number of carbonyl (C=O) groups is 2. The first-order chi connectivity index (χ1) is 15.5. The zero-order valence-corrected chi connectivity index (χ0v) is 18.4. The molecule has 0 saturated heterocycles. The Morgan fingerprint density at radius 2 is 1.53 bits per heavy atom. The van der Waals surface area contributed by atoms with Gasteiger partial charge in [0.2, 0.25) is 0 Å². The first-order valence-electron chi connectivity index (χ1n) is 10.3. The average molecular weight is 437 g/mol. The number of hydrogen-bond acceptors (Lipinski definition) is 6. The van der Waals surface area contributed by atoms with E-state index in [1.807, 2.05) is 55.5 Å². The predicted molar refractivity (Wildman–Crippen MR) is 119 cm³/mol. The lowest BCUT2D eigenvalue weighted by Gasteiger charge is -2.20. The van der Waals surface area contributed by atoms with Crippen molar-refractivity contribution >= 4 is 11.9 Å². The molecule has 3 aromatic rings. The quantitative estimate of drug-likeness (QED) is 0.471. The van der Waals surface area contributed by atoms with Crippen molar-refractivity contribution in [3.8, 4) is 11.5 Å². The van der Waals surface area contributed by atoms with Gasteiger partial charge in [-0.15, -0.1) is 0 Å². The van der Waals surface area contributed by atoms with Gasteiger partial charge in [0.15, 0.2) is 12.3 Å². The van der Waals surface area contributed by atoms with Gasteiger partial charge in [-0.3, -0.25) is 9.89 Å². The van der Waals surface area contributed by atoms with Gasteiger partial charge in [0.25, 0.3) is 5.91 Å². The van der Waals surface area contributed by atoms with Crippen LogP contribution in [0.5, 0.6) is 11.5 Å². The minimum atomic E-state index is -0.649. The fraction of sp³-hybridized carbons (Fsp3) is 0.292. The van der Waals surface area contributed by atoms with E-state index in [4.69, 9.17) is 14.2 Å². The summed E-state index contributed by atoms with van der Waals surface area (Å²) in [5.74, 6) is 0.344. The van der Waals surface area contributed by atoms with Gasteiger partial charge in [0, 0.05) is 5.69 Å². The molecule has 0 aliphatic rings. The van der Waals surface area contributed by atoms with E-state index >= 15 is 0 Å². The van der Waals surface area contributed by atoms with E-state index in [0.717, 1.165) is 29.7 Å². The summed E-state index contributed by atoms with van der Waals surface area (Å²) in [5.41, 5.74) is 2.71. The number of rotatable bonds is 10. The van der Waals surface area contributed by atoms with Crippen molar-refractivity contribution in [3.05, 3.63) is 77.1 Å². The summed E-state index contributed by atoms with van der Waals surface area (Å²) in [5, 5.41) is 9.67. The van der Waals surface area contributed by atoms with E-state index in [0.29, 0.717) is 11.5 Å². The van der Waals surface area contributed by atoms with Crippen molar-refractivity contribution in [2.24, 2.45) is 0 Å². The monoisotopic (exact) mass is 437 g/mol. The Labute approximate surface area is 186 Å². The summed E-state index contributed by atoms with van der Waals surface area (Å²) in [6, 6.07) is 16.0. The summed E-state index contributed by atoms with van der Waals surface area (Å²) in [6.07, 6.45) is 1.71. The average Bonchev–Trinajstić information content (AvgIpc) is 3.30. The molecule has 0 spiro atoms. The van der Waals surface area contributed by atoms with Gasteiger partial charge in [-0.05, 0) is 47.9 Å². The van der Waals surface area contributed by atoms with Crippen LogP contribution >= 0.6 is 0 Å². The van der Waals surface area contributed by atoms with Gasteiger partial charge in [-0.25, -0.2) is 4.79 Å². The third kappa shape index (κ3) is 5.87. The number of aromatic nitrogens is 2. The molecule has 0 unspecified atom stereocenters. The number of ether oxygens (including phenoxy) is 3. The Balaban J connectivity index is 1.69. The summed E-state index contributed by atoms with van der Waals surface area (Å²) >= 11 is 0. The van der Waals surface area contributed by atoms with Crippen LogP contribution < -0.4 is 14.8 Å². The van der Waals surface area contributed by atoms with Crippen LogP contribution in [0.2, 0.25) is 0 Å². The second-order valence-electron chi connectivity index (χ2n) is 7.15.